The molecule has 0 saturated carbocycles. The third-order valence-corrected chi connectivity index (χ3v) is 5.19. The molecule has 1 aromatic heterocycles. The molecule has 0 saturated heterocycles. The average molecular weight is 641 g/mol. The topological polar surface area (TPSA) is 134 Å². The molecule has 191 valence electrons. The Hall–Kier alpha value is -2.57. The van der Waals surface area contributed by atoms with Crippen molar-refractivity contribution in [2.75, 3.05) is 4.90 Å². The van der Waals surface area contributed by atoms with Crippen molar-refractivity contribution in [2.24, 2.45) is 0 Å². The van der Waals surface area contributed by atoms with Crippen LogP contribution in [-0.4, -0.2) is 28.0 Å². The maximum Gasteiger partial charge on any atom is 0.455 e. The maximum absolute atomic E-state index is 12.8. The van der Waals surface area contributed by atoms with E-state index in [2.05, 4.69) is 0 Å². The number of benzene rings is 3. The molecule has 11 heteroatoms. The summed E-state index contributed by atoms with van der Waals surface area (Å²) in [4.78, 5) is 25.6. The number of rotatable bonds is 4. The second-order valence-electron chi connectivity index (χ2n) is 7.63. The summed E-state index contributed by atoms with van der Waals surface area (Å²) in [5.74, 6) is -3.52. The second kappa shape index (κ2) is 12.1. The van der Waals surface area contributed by atoms with Crippen LogP contribution < -0.4 is 10.5 Å². The zero-order valence-electron chi connectivity index (χ0n) is 19.0. The Morgan fingerprint density at radius 3 is 1.72 bits per heavy atom. The number of hydrogen-bond donors (Lipinski definition) is 1. The van der Waals surface area contributed by atoms with E-state index in [1.54, 1.807) is 6.07 Å². The predicted octanol–water partition coefficient (Wildman–Crippen LogP) is 4.68. The van der Waals surface area contributed by atoms with Gasteiger partial charge in [0, 0.05) is 72.5 Å². The first-order chi connectivity index (χ1) is 15.6. The number of carbonyl (C=O) groups is 1. The Balaban J connectivity index is 0.00000216. The largest absolute Gasteiger partial charge is 0.506 e. The van der Waals surface area contributed by atoms with Gasteiger partial charge in [0.05, 0.1) is 5.39 Å². The number of aromatic hydroxyl groups is 1. The van der Waals surface area contributed by atoms with Crippen LogP contribution in [0.5, 0.6) is 5.75 Å². The number of anilines is 3. The van der Waals surface area contributed by atoms with Crippen molar-refractivity contribution in [3.05, 3.63) is 93.8 Å². The fraction of sp³-hybridized carbons (Fsp3) is 0.120. The van der Waals surface area contributed by atoms with Crippen LogP contribution >= 0.6 is 0 Å². The Labute approximate surface area is 244 Å². The van der Waals surface area contributed by atoms with Crippen molar-refractivity contribution in [3.63, 3.8) is 0 Å². The summed E-state index contributed by atoms with van der Waals surface area (Å²) in [6.45, 7) is 3.90. The quantitative estimate of drug-likeness (QED) is 0.255. The van der Waals surface area contributed by atoms with Gasteiger partial charge in [-0.25, -0.2) is 4.79 Å². The van der Waals surface area contributed by atoms with E-state index in [9.17, 15) is 27.9 Å². The standard InChI is InChI=1S/C25H18F3NO4.Eu.2H2O/c1-14-3-7-16(8-4-14)29(17-9-5-15(2)6-10-17)18-11-12-19-20(13-18)33-24(32)21(22(19)30)23(31)25(26,27)28;;;/h3-13,30H,1-2H3;;2*1H2. The summed E-state index contributed by atoms with van der Waals surface area (Å²) >= 11 is 0. The fourth-order valence-electron chi connectivity index (χ4n) is 3.49. The van der Waals surface area contributed by atoms with E-state index in [4.69, 9.17) is 4.42 Å². The smallest absolute Gasteiger partial charge is 0.455 e. The molecule has 4 rings (SSSR count). The Bertz CT molecular complexity index is 1370. The van der Waals surface area contributed by atoms with Crippen LogP contribution in [0.1, 0.15) is 21.5 Å². The summed E-state index contributed by atoms with van der Waals surface area (Å²) in [7, 11) is 0. The molecule has 0 atom stereocenters. The first-order valence-electron chi connectivity index (χ1n) is 9.91. The molecule has 0 fully saturated rings. The monoisotopic (exact) mass is 642 g/mol. The molecule has 7 nitrogen and oxygen atoms in total. The van der Waals surface area contributed by atoms with Crippen LogP contribution in [0, 0.1) is 63.2 Å². The van der Waals surface area contributed by atoms with Crippen molar-refractivity contribution < 1.29 is 87.8 Å². The van der Waals surface area contributed by atoms with Crippen molar-refractivity contribution in [1.29, 1.82) is 0 Å². The first kappa shape index (κ1) is 31.5. The molecule has 4 aromatic rings. The number of halogens is 3. The van der Waals surface area contributed by atoms with E-state index >= 15 is 0 Å². The summed E-state index contributed by atoms with van der Waals surface area (Å²) in [6, 6.07) is 19.6. The number of fused-ring (bicyclic) bond motifs is 1. The maximum atomic E-state index is 12.8. The number of carbonyl (C=O) groups excluding carboxylic acids is 1. The fourth-order valence-corrected chi connectivity index (χ4v) is 3.49. The molecule has 1 heterocycles. The predicted molar refractivity (Wildman–Crippen MR) is 126 cm³/mol. The number of hydrogen-bond acceptors (Lipinski definition) is 5. The molecule has 0 spiro atoms. The minimum Gasteiger partial charge on any atom is -0.506 e. The Morgan fingerprint density at radius 1 is 0.833 bits per heavy atom. The first-order valence-corrected chi connectivity index (χ1v) is 9.91. The molecule has 0 aliphatic rings. The minimum atomic E-state index is -5.33. The average Bonchev–Trinajstić information content (AvgIpc) is 2.75. The summed E-state index contributed by atoms with van der Waals surface area (Å²) in [5.41, 5.74) is 1.08. The van der Waals surface area contributed by atoms with Crippen LogP contribution in [0.4, 0.5) is 30.2 Å². The van der Waals surface area contributed by atoms with Gasteiger partial charge in [-0.2, -0.15) is 13.2 Å². The van der Waals surface area contributed by atoms with Crippen LogP contribution in [0.15, 0.2) is 75.9 Å². The zero-order valence-corrected chi connectivity index (χ0v) is 21.4. The van der Waals surface area contributed by atoms with Gasteiger partial charge in [-0.05, 0) is 50.2 Å². The van der Waals surface area contributed by atoms with E-state index < -0.39 is 28.9 Å². The number of alkyl halides is 3. The molecule has 0 unspecified atom stereocenters. The molecule has 0 aliphatic carbocycles. The van der Waals surface area contributed by atoms with Gasteiger partial charge < -0.3 is 25.4 Å². The Morgan fingerprint density at radius 2 is 1.28 bits per heavy atom. The van der Waals surface area contributed by atoms with Gasteiger partial charge in [0.2, 0.25) is 0 Å². The zero-order chi connectivity index (χ0) is 23.9. The van der Waals surface area contributed by atoms with Gasteiger partial charge in [0.25, 0.3) is 5.78 Å². The number of nitrogens with zero attached hydrogens (tertiary/aromatic N) is 1. The molecule has 5 N–H and O–H groups in total. The second-order valence-corrected chi connectivity index (χ2v) is 7.63. The van der Waals surface area contributed by atoms with Gasteiger partial charge in [0.1, 0.15) is 11.3 Å². The third-order valence-electron chi connectivity index (χ3n) is 5.19. The number of Topliss-reactive ketones (excluding diaryl/α,β-unsaturated/α-hetero) is 1. The van der Waals surface area contributed by atoms with Crippen LogP contribution in [-0.2, 0) is 0 Å². The molecule has 0 bridgehead atoms. The van der Waals surface area contributed by atoms with Gasteiger partial charge in [-0.3, -0.25) is 4.79 Å². The van der Waals surface area contributed by atoms with Gasteiger partial charge in [-0.1, -0.05) is 35.4 Å². The minimum absolute atomic E-state index is 0. The normalized spacial score (nSPS) is 10.6. The third kappa shape index (κ3) is 6.22. The van der Waals surface area contributed by atoms with Crippen molar-refractivity contribution >= 4 is 33.8 Å². The molecule has 0 amide bonds. The van der Waals surface area contributed by atoms with Crippen molar-refractivity contribution in [1.82, 2.24) is 0 Å². The van der Waals surface area contributed by atoms with E-state index in [1.807, 2.05) is 67.3 Å². The van der Waals surface area contributed by atoms with Crippen molar-refractivity contribution in [2.45, 2.75) is 20.0 Å². The molecular formula is C25H22EuF3NO6. The van der Waals surface area contributed by atoms with Gasteiger partial charge in [-0.15, -0.1) is 0 Å². The van der Waals surface area contributed by atoms with Crippen LogP contribution in [0.2, 0.25) is 0 Å². The van der Waals surface area contributed by atoms with E-state index in [0.29, 0.717) is 5.69 Å². The summed E-state index contributed by atoms with van der Waals surface area (Å²) < 4.78 is 43.6. The van der Waals surface area contributed by atoms with E-state index in [-0.39, 0.29) is 71.3 Å². The number of ketones is 1. The van der Waals surface area contributed by atoms with Crippen LogP contribution in [0.25, 0.3) is 11.0 Å². The molecule has 3 aromatic carbocycles. The molecule has 0 aliphatic heterocycles. The Kier molecular flexibility index (Phi) is 10.6. The summed E-state index contributed by atoms with van der Waals surface area (Å²) in [6.07, 6.45) is -5.33. The molecule has 36 heavy (non-hydrogen) atoms. The van der Waals surface area contributed by atoms with Crippen LogP contribution in [0.3, 0.4) is 0 Å². The van der Waals surface area contributed by atoms with E-state index in [0.717, 1.165) is 22.5 Å². The summed E-state index contributed by atoms with van der Waals surface area (Å²) in [5, 5.41) is 10.1. The van der Waals surface area contributed by atoms with Gasteiger partial charge >= 0.3 is 11.8 Å². The van der Waals surface area contributed by atoms with E-state index in [1.165, 1.54) is 12.1 Å². The molecular weight excluding hydrogens is 619 g/mol. The SMILES string of the molecule is Cc1ccc(N(c2ccc(C)cc2)c2ccc3c(O)c(C(=O)C(F)(F)F)c(=O)oc3c2)cc1.O.O.[Eu]. The van der Waals surface area contributed by atoms with Gasteiger partial charge in [0.15, 0.2) is 5.56 Å². The number of aryl methyl sites for hydroxylation is 2. The van der Waals surface area contributed by atoms with Crippen molar-refractivity contribution in [3.8, 4) is 5.75 Å². The molecule has 1 radical (unpaired) electrons.